The van der Waals surface area contributed by atoms with Gasteiger partial charge in [-0.15, -0.1) is 0 Å². The standard InChI is InChI=1S/C6H5F2NO3/c1-6(7,8)4-3(5(10)11)2-12-9-4/h2H,1H3,(H,10,11). The average Bonchev–Trinajstić information content (AvgIpc) is 2.30. The van der Waals surface area contributed by atoms with Gasteiger partial charge in [-0.1, -0.05) is 5.16 Å². The van der Waals surface area contributed by atoms with Crippen LogP contribution in [-0.2, 0) is 5.92 Å². The fourth-order valence-electron chi connectivity index (χ4n) is 0.705. The highest BCUT2D eigenvalue weighted by atomic mass is 19.3. The van der Waals surface area contributed by atoms with E-state index in [1.165, 1.54) is 0 Å². The van der Waals surface area contributed by atoms with E-state index in [1.54, 1.807) is 0 Å². The van der Waals surface area contributed by atoms with Gasteiger partial charge in [0.2, 0.25) is 0 Å². The van der Waals surface area contributed by atoms with Gasteiger partial charge in [-0.05, 0) is 0 Å². The molecule has 66 valence electrons. The Morgan fingerprint density at radius 3 is 2.67 bits per heavy atom. The van der Waals surface area contributed by atoms with E-state index >= 15 is 0 Å². The van der Waals surface area contributed by atoms with Gasteiger partial charge in [0, 0.05) is 6.92 Å². The first-order chi connectivity index (χ1) is 5.43. The molecule has 0 aliphatic rings. The number of alkyl halides is 2. The summed E-state index contributed by atoms with van der Waals surface area (Å²) in [5.41, 5.74) is -1.46. The van der Waals surface area contributed by atoms with Crippen LogP contribution < -0.4 is 0 Å². The molecule has 0 spiro atoms. The normalized spacial score (nSPS) is 11.6. The molecule has 0 saturated heterocycles. The molecule has 1 rings (SSSR count). The first-order valence-corrected chi connectivity index (χ1v) is 2.99. The number of carbonyl (C=O) groups is 1. The number of rotatable bonds is 2. The Morgan fingerprint density at radius 2 is 2.33 bits per heavy atom. The van der Waals surface area contributed by atoms with Crippen LogP contribution in [0, 0.1) is 0 Å². The third-order valence-electron chi connectivity index (χ3n) is 1.22. The van der Waals surface area contributed by atoms with Crippen LogP contribution in [0.4, 0.5) is 8.78 Å². The number of hydrogen-bond donors (Lipinski definition) is 1. The Morgan fingerprint density at radius 1 is 1.75 bits per heavy atom. The van der Waals surface area contributed by atoms with Crippen molar-refractivity contribution in [1.82, 2.24) is 5.16 Å². The monoisotopic (exact) mass is 177 g/mol. The van der Waals surface area contributed by atoms with Crippen molar-refractivity contribution in [2.45, 2.75) is 12.8 Å². The molecule has 0 saturated carbocycles. The number of carboxylic acid groups (broad SMARTS) is 1. The number of halogens is 2. The molecule has 0 fully saturated rings. The lowest BCUT2D eigenvalue weighted by Crippen LogP contribution is -2.13. The molecule has 0 atom stereocenters. The van der Waals surface area contributed by atoms with Crippen molar-refractivity contribution in [2.24, 2.45) is 0 Å². The van der Waals surface area contributed by atoms with Gasteiger partial charge in [0.1, 0.15) is 11.8 Å². The summed E-state index contributed by atoms with van der Waals surface area (Å²) in [4.78, 5) is 10.3. The first kappa shape index (κ1) is 8.63. The van der Waals surface area contributed by atoms with Crippen LogP contribution in [0.3, 0.4) is 0 Å². The van der Waals surface area contributed by atoms with E-state index in [-0.39, 0.29) is 0 Å². The Kier molecular flexibility index (Phi) is 1.83. The molecule has 0 bridgehead atoms. The summed E-state index contributed by atoms with van der Waals surface area (Å²) in [6.45, 7) is 0.553. The topological polar surface area (TPSA) is 63.3 Å². The zero-order valence-corrected chi connectivity index (χ0v) is 6.04. The Balaban J connectivity index is 3.17. The van der Waals surface area contributed by atoms with Gasteiger partial charge in [-0.2, -0.15) is 8.78 Å². The molecule has 0 aliphatic heterocycles. The van der Waals surface area contributed by atoms with Crippen molar-refractivity contribution >= 4 is 5.97 Å². The number of aromatic nitrogens is 1. The second-order valence-corrected chi connectivity index (χ2v) is 2.27. The lowest BCUT2D eigenvalue weighted by atomic mass is 10.2. The molecule has 0 aromatic carbocycles. The highest BCUT2D eigenvalue weighted by molar-refractivity contribution is 5.88. The SMILES string of the molecule is CC(F)(F)c1nocc1C(=O)O. The molecule has 6 heteroatoms. The fraction of sp³-hybridized carbons (Fsp3) is 0.333. The third-order valence-corrected chi connectivity index (χ3v) is 1.22. The molecular formula is C6H5F2NO3. The minimum Gasteiger partial charge on any atom is -0.478 e. The predicted molar refractivity (Wildman–Crippen MR) is 33.0 cm³/mol. The highest BCUT2D eigenvalue weighted by Gasteiger charge is 2.34. The van der Waals surface area contributed by atoms with Gasteiger partial charge in [0.05, 0.1) is 0 Å². The van der Waals surface area contributed by atoms with Gasteiger partial charge in [-0.25, -0.2) is 4.79 Å². The van der Waals surface area contributed by atoms with Crippen molar-refractivity contribution in [2.75, 3.05) is 0 Å². The summed E-state index contributed by atoms with van der Waals surface area (Å²) < 4.78 is 29.2. The molecule has 4 nitrogen and oxygen atoms in total. The lowest BCUT2D eigenvalue weighted by molar-refractivity contribution is 0.00804. The Labute approximate surface area is 65.8 Å². The zero-order valence-electron chi connectivity index (χ0n) is 6.04. The van der Waals surface area contributed by atoms with Crippen LogP contribution in [0.1, 0.15) is 23.0 Å². The Hall–Kier alpha value is -1.46. The van der Waals surface area contributed by atoms with E-state index in [1.807, 2.05) is 0 Å². The van der Waals surface area contributed by atoms with Gasteiger partial charge in [-0.3, -0.25) is 0 Å². The fourth-order valence-corrected chi connectivity index (χ4v) is 0.705. The van der Waals surface area contributed by atoms with Crippen LogP contribution in [0.5, 0.6) is 0 Å². The highest BCUT2D eigenvalue weighted by Crippen LogP contribution is 2.28. The molecule has 0 radical (unpaired) electrons. The number of aromatic carboxylic acids is 1. The van der Waals surface area contributed by atoms with E-state index < -0.39 is 23.1 Å². The quantitative estimate of drug-likeness (QED) is 0.743. The minimum atomic E-state index is -3.29. The van der Waals surface area contributed by atoms with Crippen molar-refractivity contribution in [3.05, 3.63) is 17.5 Å². The summed E-state index contributed by atoms with van der Waals surface area (Å²) in [5.74, 6) is -4.77. The molecule has 1 aromatic rings. The molecule has 12 heavy (non-hydrogen) atoms. The van der Waals surface area contributed by atoms with Crippen LogP contribution in [-0.4, -0.2) is 16.2 Å². The average molecular weight is 177 g/mol. The maximum absolute atomic E-state index is 12.5. The molecular weight excluding hydrogens is 172 g/mol. The smallest absolute Gasteiger partial charge is 0.341 e. The summed E-state index contributed by atoms with van der Waals surface area (Å²) in [6.07, 6.45) is 0.676. The van der Waals surface area contributed by atoms with E-state index in [4.69, 9.17) is 5.11 Å². The van der Waals surface area contributed by atoms with E-state index in [9.17, 15) is 13.6 Å². The lowest BCUT2D eigenvalue weighted by Gasteiger charge is -2.05. The summed E-state index contributed by atoms with van der Waals surface area (Å²) in [6, 6.07) is 0. The van der Waals surface area contributed by atoms with E-state index in [2.05, 4.69) is 9.68 Å². The number of hydrogen-bond acceptors (Lipinski definition) is 3. The summed E-state index contributed by atoms with van der Waals surface area (Å²) in [7, 11) is 0. The minimum absolute atomic E-state index is 0.553. The van der Waals surface area contributed by atoms with E-state index in [0.717, 1.165) is 0 Å². The van der Waals surface area contributed by atoms with Crippen molar-refractivity contribution in [3.63, 3.8) is 0 Å². The van der Waals surface area contributed by atoms with Crippen LogP contribution in [0.2, 0.25) is 0 Å². The maximum atomic E-state index is 12.5. The second kappa shape index (κ2) is 2.54. The molecule has 0 unspecified atom stereocenters. The van der Waals surface area contributed by atoms with Crippen molar-refractivity contribution in [1.29, 1.82) is 0 Å². The van der Waals surface area contributed by atoms with Crippen molar-refractivity contribution < 1.29 is 23.2 Å². The van der Waals surface area contributed by atoms with Crippen LogP contribution >= 0.6 is 0 Å². The van der Waals surface area contributed by atoms with E-state index in [0.29, 0.717) is 13.2 Å². The molecule has 1 N–H and O–H groups in total. The molecule has 1 heterocycles. The summed E-state index contributed by atoms with van der Waals surface area (Å²) in [5, 5.41) is 11.3. The summed E-state index contributed by atoms with van der Waals surface area (Å²) >= 11 is 0. The van der Waals surface area contributed by atoms with Gasteiger partial charge < -0.3 is 9.63 Å². The third kappa shape index (κ3) is 1.41. The first-order valence-electron chi connectivity index (χ1n) is 2.99. The van der Waals surface area contributed by atoms with Crippen molar-refractivity contribution in [3.8, 4) is 0 Å². The largest absolute Gasteiger partial charge is 0.478 e. The maximum Gasteiger partial charge on any atom is 0.341 e. The van der Waals surface area contributed by atoms with Crippen LogP contribution in [0.25, 0.3) is 0 Å². The molecule has 1 aromatic heterocycles. The predicted octanol–water partition coefficient (Wildman–Crippen LogP) is 1.48. The van der Waals surface area contributed by atoms with Crippen LogP contribution in [0.15, 0.2) is 10.8 Å². The molecule has 0 aliphatic carbocycles. The van der Waals surface area contributed by atoms with Gasteiger partial charge in [0.25, 0.3) is 5.92 Å². The second-order valence-electron chi connectivity index (χ2n) is 2.27. The molecule has 0 amide bonds. The number of nitrogens with zero attached hydrogens (tertiary/aromatic N) is 1. The van der Waals surface area contributed by atoms with Gasteiger partial charge >= 0.3 is 5.97 Å². The Bertz CT molecular complexity index is 302. The van der Waals surface area contributed by atoms with Gasteiger partial charge in [0.15, 0.2) is 5.69 Å². The zero-order chi connectivity index (χ0) is 9.35. The number of carboxylic acids is 1.